The number of nitrogens with zero attached hydrogens (tertiary/aromatic N) is 6. The number of nitrogens with two attached hydrogens (primary N) is 2. The third-order valence-electron chi connectivity index (χ3n) is 7.53. The lowest BCUT2D eigenvalue weighted by Crippen LogP contribution is -2.15. The number of hydrogen-bond acceptors (Lipinski definition) is 24. The SMILES string of the molecule is N=CONc1ccc(S(=O)(=O)O)c(N=Nc2c(N)c(N=Nc3ccc(S(=O)(=O)CCOS(=O)(=O)O)cc3)c(N)c(N=Nc3ccc(S(=O)(=O)CCOS(=O)(=O)O)cc3)c2C(=O)O)c1. The van der Waals surface area contributed by atoms with Gasteiger partial charge < -0.3 is 21.4 Å². The van der Waals surface area contributed by atoms with E-state index < -0.39 is 126 Å². The van der Waals surface area contributed by atoms with Gasteiger partial charge in [-0.1, -0.05) is 0 Å². The van der Waals surface area contributed by atoms with E-state index in [0.717, 1.165) is 66.7 Å². The van der Waals surface area contributed by atoms with Crippen molar-refractivity contribution < 1.29 is 78.9 Å². The maximum absolute atomic E-state index is 12.8. The molecular weight excluding hydrogens is 949 g/mol. The van der Waals surface area contributed by atoms with Crippen LogP contribution in [0.25, 0.3) is 0 Å². The van der Waals surface area contributed by atoms with Crippen LogP contribution < -0.4 is 16.9 Å². The second-order valence-corrected chi connectivity index (χ2v) is 19.6. The van der Waals surface area contributed by atoms with Gasteiger partial charge in [0.25, 0.3) is 10.1 Å². The Hall–Kier alpha value is -6.43. The fourth-order valence-corrected chi connectivity index (χ4v) is 8.32. The van der Waals surface area contributed by atoms with Gasteiger partial charge in [-0.2, -0.15) is 35.5 Å². The molecule has 0 spiro atoms. The molecule has 4 aromatic carbocycles. The third kappa shape index (κ3) is 13.8. The molecule has 0 aliphatic rings. The first-order valence-electron chi connectivity index (χ1n) is 16.4. The minimum Gasteiger partial charge on any atom is -0.478 e. The van der Waals surface area contributed by atoms with Crippen molar-refractivity contribution in [3.63, 3.8) is 0 Å². The smallest absolute Gasteiger partial charge is 0.397 e. The summed E-state index contributed by atoms with van der Waals surface area (Å²) >= 11 is 0. The highest BCUT2D eigenvalue weighted by Crippen LogP contribution is 2.49. The number of rotatable bonds is 21. The van der Waals surface area contributed by atoms with E-state index in [4.69, 9.17) is 26.0 Å². The van der Waals surface area contributed by atoms with Crippen LogP contribution in [-0.2, 0) is 63.8 Å². The summed E-state index contributed by atoms with van der Waals surface area (Å²) in [4.78, 5) is 15.9. The molecule has 0 aliphatic heterocycles. The van der Waals surface area contributed by atoms with Crippen molar-refractivity contribution in [3.8, 4) is 0 Å². The fraction of sp³-hybridized carbons (Fsp3) is 0.133. The summed E-state index contributed by atoms with van der Waals surface area (Å²) < 4.78 is 153. The first-order chi connectivity index (χ1) is 29.2. The Morgan fingerprint density at radius 3 is 1.46 bits per heavy atom. The maximum Gasteiger partial charge on any atom is 0.397 e. The van der Waals surface area contributed by atoms with Crippen molar-refractivity contribution in [2.75, 3.05) is 41.7 Å². The predicted molar refractivity (Wildman–Crippen MR) is 216 cm³/mol. The largest absolute Gasteiger partial charge is 0.478 e. The lowest BCUT2D eigenvalue weighted by Gasteiger charge is -2.13. The van der Waals surface area contributed by atoms with Crippen LogP contribution in [-0.4, -0.2) is 97.9 Å². The van der Waals surface area contributed by atoms with Crippen molar-refractivity contribution in [1.29, 1.82) is 5.41 Å². The number of carboxylic acids is 1. The highest BCUT2D eigenvalue weighted by molar-refractivity contribution is 7.91. The molecule has 0 heterocycles. The van der Waals surface area contributed by atoms with Crippen LogP contribution in [0.4, 0.5) is 51.2 Å². The van der Waals surface area contributed by atoms with Crippen LogP contribution in [0, 0.1) is 5.41 Å². The second-order valence-electron chi connectivity index (χ2n) is 11.8. The topological polar surface area (TPSA) is 458 Å². The third-order valence-corrected chi connectivity index (χ3v) is 12.7. The molecule has 4 rings (SSSR count). The van der Waals surface area contributed by atoms with Crippen LogP contribution in [0.15, 0.2) is 112 Å². The van der Waals surface area contributed by atoms with Crippen molar-refractivity contribution in [1.82, 2.24) is 0 Å². The van der Waals surface area contributed by atoms with Gasteiger partial charge in [0, 0.05) is 0 Å². The summed E-state index contributed by atoms with van der Waals surface area (Å²) in [5.41, 5.74) is 9.70. The molecule has 0 bridgehead atoms. The maximum atomic E-state index is 12.8. The van der Waals surface area contributed by atoms with Gasteiger partial charge >= 0.3 is 26.8 Å². The van der Waals surface area contributed by atoms with Crippen molar-refractivity contribution in [2.45, 2.75) is 14.7 Å². The minimum atomic E-state index is -5.02. The number of benzene rings is 4. The van der Waals surface area contributed by atoms with Crippen molar-refractivity contribution in [2.24, 2.45) is 30.7 Å². The van der Waals surface area contributed by atoms with Crippen LogP contribution in [0.5, 0.6) is 0 Å². The summed E-state index contributed by atoms with van der Waals surface area (Å²) in [6.07, 6.45) is 0.476. The molecule has 0 amide bonds. The van der Waals surface area contributed by atoms with Crippen LogP contribution in [0.3, 0.4) is 0 Å². The number of carbonyl (C=O) groups is 1. The van der Waals surface area contributed by atoms with E-state index in [1.165, 1.54) is 0 Å². The predicted octanol–water partition coefficient (Wildman–Crippen LogP) is 4.18. The molecule has 0 aliphatic carbocycles. The lowest BCUT2D eigenvalue weighted by molar-refractivity contribution is 0.0698. The summed E-state index contributed by atoms with van der Waals surface area (Å²) in [7, 11) is -23.2. The van der Waals surface area contributed by atoms with Gasteiger partial charge in [0.2, 0.25) is 6.40 Å². The Labute approximate surface area is 356 Å². The van der Waals surface area contributed by atoms with Gasteiger partial charge in [-0.05, 0) is 66.7 Å². The van der Waals surface area contributed by atoms with E-state index in [2.05, 4.69) is 49.4 Å². The average molecular weight is 979 g/mol. The molecule has 0 atom stereocenters. The zero-order chi connectivity index (χ0) is 47.0. The number of azo groups is 3. The van der Waals surface area contributed by atoms with Gasteiger partial charge in [-0.25, -0.2) is 35.5 Å². The minimum absolute atomic E-state index is 0.0388. The number of sulfone groups is 2. The first kappa shape index (κ1) is 49.2. The normalized spacial score (nSPS) is 12.9. The molecule has 0 unspecified atom stereocenters. The standard InChI is InChI=1S/C30H30N10O18S5/c31-16-56-40-19-5-10-23(61(47,48)49)22(15-19)36-38-28-24(30(41)42)27(37-34-17-1-6-20(7-2-17)59(43,44)13-11-57-62(50,51)52)25(32)29(26(28)33)39-35-18-3-8-21(9-4-18)60(45,46)14-12-58-63(53,54)55/h1-10,15-16,31,40H,11-14,32-33H2,(H,41,42)(H,47,48,49)(H,50,51,52)(H,53,54,55). The van der Waals surface area contributed by atoms with Gasteiger partial charge in [0.1, 0.15) is 33.2 Å². The van der Waals surface area contributed by atoms with Crippen molar-refractivity contribution in [3.05, 3.63) is 72.3 Å². The summed E-state index contributed by atoms with van der Waals surface area (Å²) in [6.45, 7) is -1.82. The molecular formula is C30H30N10O18S5. The summed E-state index contributed by atoms with van der Waals surface area (Å²) in [6, 6.07) is 11.5. The zero-order valence-corrected chi connectivity index (χ0v) is 35.2. The molecule has 0 radical (unpaired) electrons. The van der Waals surface area contributed by atoms with Gasteiger partial charge in [0.15, 0.2) is 19.7 Å². The van der Waals surface area contributed by atoms with Crippen LogP contribution >= 0.6 is 0 Å². The number of nitrogen functional groups attached to an aromatic ring is 2. The molecule has 33 heteroatoms. The molecule has 10 N–H and O–H groups in total. The van der Waals surface area contributed by atoms with Gasteiger partial charge in [-0.15, -0.1) is 20.5 Å². The lowest BCUT2D eigenvalue weighted by atomic mass is 10.1. The Bertz CT molecular complexity index is 3080. The number of aromatic carboxylic acids is 1. The van der Waals surface area contributed by atoms with Crippen LogP contribution in [0.2, 0.25) is 0 Å². The van der Waals surface area contributed by atoms with Gasteiger partial charge in [0.05, 0.1) is 62.9 Å². The average Bonchev–Trinajstić information content (AvgIpc) is 3.17. The second kappa shape index (κ2) is 19.7. The number of anilines is 3. The molecule has 0 saturated heterocycles. The van der Waals surface area contributed by atoms with E-state index in [0.29, 0.717) is 6.40 Å². The quantitative estimate of drug-likeness (QED) is 0.0145. The molecule has 63 heavy (non-hydrogen) atoms. The Balaban J connectivity index is 1.85. The molecule has 4 aromatic rings. The first-order valence-corrected chi connectivity index (χ1v) is 23.8. The van der Waals surface area contributed by atoms with Crippen molar-refractivity contribution >= 4 is 114 Å². The Morgan fingerprint density at radius 2 is 1.06 bits per heavy atom. The van der Waals surface area contributed by atoms with E-state index in [1.807, 2.05) is 0 Å². The van der Waals surface area contributed by atoms with E-state index in [1.54, 1.807) is 0 Å². The van der Waals surface area contributed by atoms with Gasteiger partial charge in [-0.3, -0.25) is 19.1 Å². The fourth-order valence-electron chi connectivity index (χ4n) is 4.74. The molecule has 28 nitrogen and oxygen atoms in total. The summed E-state index contributed by atoms with van der Waals surface area (Å²) in [5.74, 6) is -3.54. The highest BCUT2D eigenvalue weighted by atomic mass is 32.3. The molecule has 338 valence electrons. The molecule has 0 aromatic heterocycles. The monoisotopic (exact) mass is 978 g/mol. The van der Waals surface area contributed by atoms with E-state index in [9.17, 15) is 56.5 Å². The highest BCUT2D eigenvalue weighted by Gasteiger charge is 2.28. The van der Waals surface area contributed by atoms with Crippen LogP contribution in [0.1, 0.15) is 10.4 Å². The Morgan fingerprint density at radius 1 is 0.635 bits per heavy atom. The molecule has 0 saturated carbocycles. The number of nitrogens with one attached hydrogen (secondary N) is 2. The molecule has 0 fully saturated rings. The number of hydrogen-bond donors (Lipinski definition) is 8. The summed E-state index contributed by atoms with van der Waals surface area (Å²) in [5, 5.41) is 40.7. The zero-order valence-electron chi connectivity index (χ0n) is 31.1. The van der Waals surface area contributed by atoms with E-state index >= 15 is 0 Å². The Kier molecular flexibility index (Phi) is 15.4. The van der Waals surface area contributed by atoms with E-state index in [-0.39, 0.29) is 26.9 Å². The number of carboxylic acid groups (broad SMARTS) is 1.